The smallest absolute Gasteiger partial charge is 0.219 e. The minimum absolute atomic E-state index is 0.0441. The van der Waals surface area contributed by atoms with E-state index < -0.39 is 5.41 Å². The van der Waals surface area contributed by atoms with Gasteiger partial charge in [-0.2, -0.15) is 4.98 Å². The summed E-state index contributed by atoms with van der Waals surface area (Å²) in [6.07, 6.45) is 8.17. The van der Waals surface area contributed by atoms with Gasteiger partial charge in [0.2, 0.25) is 5.88 Å². The van der Waals surface area contributed by atoms with Gasteiger partial charge in [-0.25, -0.2) is 4.98 Å². The van der Waals surface area contributed by atoms with Crippen LogP contribution in [0.25, 0.3) is 5.70 Å². The molecule has 0 aromatic carbocycles. The molecule has 2 aliphatic carbocycles. The third-order valence-corrected chi connectivity index (χ3v) is 6.95. The van der Waals surface area contributed by atoms with Crippen LogP contribution in [0.5, 0.6) is 5.88 Å². The maximum atomic E-state index is 13.4. The number of aromatic nitrogens is 2. The van der Waals surface area contributed by atoms with E-state index in [9.17, 15) is 9.59 Å². The second kappa shape index (κ2) is 9.09. The van der Waals surface area contributed by atoms with E-state index in [0.29, 0.717) is 31.3 Å². The Hall–Kier alpha value is -2.25. The molecule has 0 radical (unpaired) electrons. The van der Waals surface area contributed by atoms with E-state index in [1.165, 1.54) is 6.07 Å². The van der Waals surface area contributed by atoms with E-state index >= 15 is 0 Å². The van der Waals surface area contributed by atoms with Crippen LogP contribution in [0.1, 0.15) is 63.6 Å². The Labute approximate surface area is 187 Å². The number of hydrogen-bond donors (Lipinski definition) is 2. The van der Waals surface area contributed by atoms with Crippen molar-refractivity contribution in [3.63, 3.8) is 0 Å². The van der Waals surface area contributed by atoms with Gasteiger partial charge in [0, 0.05) is 24.1 Å². The third kappa shape index (κ3) is 4.26. The molecule has 3 fully saturated rings. The van der Waals surface area contributed by atoms with Crippen LogP contribution in [-0.4, -0.2) is 40.2 Å². The van der Waals surface area contributed by atoms with E-state index in [0.717, 1.165) is 38.6 Å². The maximum Gasteiger partial charge on any atom is 0.219 e. The summed E-state index contributed by atoms with van der Waals surface area (Å²) in [5.74, 6) is 0.325. The zero-order valence-electron chi connectivity index (χ0n) is 17.7. The van der Waals surface area contributed by atoms with Crippen molar-refractivity contribution in [3.8, 4) is 5.88 Å². The summed E-state index contributed by atoms with van der Waals surface area (Å²) >= 11 is 6.23. The van der Waals surface area contributed by atoms with Crippen LogP contribution in [0, 0.1) is 5.41 Å². The number of ketones is 2. The van der Waals surface area contributed by atoms with Crippen molar-refractivity contribution in [3.05, 3.63) is 35.3 Å². The Morgan fingerprint density at radius 1 is 1.26 bits per heavy atom. The van der Waals surface area contributed by atoms with Gasteiger partial charge in [0.25, 0.3) is 0 Å². The largest absolute Gasteiger partial charge is 0.468 e. The molecule has 0 amide bonds. The average molecular weight is 445 g/mol. The van der Waals surface area contributed by atoms with Gasteiger partial charge in [-0.15, -0.1) is 0 Å². The second-order valence-electron chi connectivity index (χ2n) is 8.66. The number of carbonyl (C=O) groups excluding carboxylic acids is 2. The van der Waals surface area contributed by atoms with Crippen molar-refractivity contribution < 1.29 is 14.3 Å². The van der Waals surface area contributed by atoms with E-state index in [1.54, 1.807) is 6.08 Å². The normalized spacial score (nSPS) is 29.1. The predicted octanol–water partition coefficient (Wildman–Crippen LogP) is 3.37. The molecule has 0 unspecified atom stereocenters. The lowest BCUT2D eigenvalue weighted by atomic mass is 9.62. The highest BCUT2D eigenvalue weighted by atomic mass is 35.5. The molecule has 8 heteroatoms. The first-order chi connectivity index (χ1) is 14.9. The molecule has 1 spiro atoms. The number of nitrogens with two attached hydrogens (primary N) is 1. The topological polar surface area (TPSA) is 107 Å². The lowest BCUT2D eigenvalue weighted by Crippen LogP contribution is -2.45. The molecule has 1 aromatic rings. The Balaban J connectivity index is 1.63. The molecule has 2 heterocycles. The van der Waals surface area contributed by atoms with Gasteiger partial charge < -0.3 is 15.8 Å². The summed E-state index contributed by atoms with van der Waals surface area (Å²) in [4.78, 5) is 34.8. The van der Waals surface area contributed by atoms with Crippen LogP contribution in [0.4, 0.5) is 0 Å². The van der Waals surface area contributed by atoms with Crippen molar-refractivity contribution in [2.75, 3.05) is 6.54 Å². The van der Waals surface area contributed by atoms with Gasteiger partial charge in [-0.05, 0) is 57.6 Å². The number of nitrogens with zero attached hydrogens (tertiary/aromatic N) is 2. The summed E-state index contributed by atoms with van der Waals surface area (Å²) in [5, 5.41) is 3.57. The number of carbonyl (C=O) groups is 2. The highest BCUT2D eigenvalue weighted by molar-refractivity contribution is 6.29. The molecule has 7 nitrogen and oxygen atoms in total. The van der Waals surface area contributed by atoms with Gasteiger partial charge in [0.15, 0.2) is 11.6 Å². The standard InChI is InChI=1S/C23H29ClN4O3/c1-2-16(15-8-6-12-26-15)31-19-13-18(24)27-22(28-19)20(25)14-7-5-11-23(21(14)30)10-4-3-9-17(23)29/h2,13,15-16,26H,1,3-12,25H2/b20-14-/t15-,16-,23+/m0/s1. The Kier molecular flexibility index (Phi) is 6.44. The highest BCUT2D eigenvalue weighted by Crippen LogP contribution is 2.45. The number of halogens is 1. The molecule has 2 saturated carbocycles. The second-order valence-corrected chi connectivity index (χ2v) is 9.05. The number of nitrogens with one attached hydrogen (secondary N) is 1. The molecule has 166 valence electrons. The quantitative estimate of drug-likeness (QED) is 0.310. The van der Waals surface area contributed by atoms with Crippen LogP contribution < -0.4 is 15.8 Å². The van der Waals surface area contributed by atoms with Crippen molar-refractivity contribution in [2.24, 2.45) is 11.1 Å². The molecule has 1 saturated heterocycles. The van der Waals surface area contributed by atoms with E-state index in [2.05, 4.69) is 21.9 Å². The molecule has 31 heavy (non-hydrogen) atoms. The Bertz CT molecular complexity index is 921. The molecule has 1 aliphatic heterocycles. The zero-order chi connectivity index (χ0) is 22.0. The third-order valence-electron chi connectivity index (χ3n) is 6.75. The van der Waals surface area contributed by atoms with Crippen molar-refractivity contribution >= 4 is 28.9 Å². The molecule has 3 atom stereocenters. The summed E-state index contributed by atoms with van der Waals surface area (Å²) in [6.45, 7) is 4.81. The maximum absolute atomic E-state index is 13.4. The van der Waals surface area contributed by atoms with Gasteiger partial charge in [0.05, 0.1) is 11.1 Å². The van der Waals surface area contributed by atoms with Crippen LogP contribution in [0.3, 0.4) is 0 Å². The number of ether oxygens (including phenoxy) is 1. The van der Waals surface area contributed by atoms with Crippen molar-refractivity contribution in [2.45, 2.75) is 69.9 Å². The fourth-order valence-electron chi connectivity index (χ4n) is 5.07. The van der Waals surface area contributed by atoms with E-state index in [-0.39, 0.29) is 46.3 Å². The van der Waals surface area contributed by atoms with Crippen LogP contribution in [0.15, 0.2) is 24.3 Å². The molecule has 4 rings (SSSR count). The summed E-state index contributed by atoms with van der Waals surface area (Å²) in [6, 6.07) is 1.69. The number of allylic oxidation sites excluding steroid dienone is 1. The summed E-state index contributed by atoms with van der Waals surface area (Å²) in [7, 11) is 0. The zero-order valence-corrected chi connectivity index (χ0v) is 18.4. The number of hydrogen-bond acceptors (Lipinski definition) is 7. The average Bonchev–Trinajstić information content (AvgIpc) is 3.30. The minimum Gasteiger partial charge on any atom is -0.468 e. The van der Waals surface area contributed by atoms with Crippen LogP contribution >= 0.6 is 11.6 Å². The first-order valence-electron chi connectivity index (χ1n) is 11.1. The molecule has 0 bridgehead atoms. The lowest BCUT2D eigenvalue weighted by Gasteiger charge is -2.38. The van der Waals surface area contributed by atoms with Crippen molar-refractivity contribution in [1.29, 1.82) is 0 Å². The predicted molar refractivity (Wildman–Crippen MR) is 119 cm³/mol. The Morgan fingerprint density at radius 2 is 2.06 bits per heavy atom. The first-order valence-corrected chi connectivity index (χ1v) is 11.5. The number of Topliss-reactive ketones (excluding diaryl/α,β-unsaturated/α-hetero) is 2. The minimum atomic E-state index is -0.920. The molecular formula is C23H29ClN4O3. The first kappa shape index (κ1) is 22.0. The fourth-order valence-corrected chi connectivity index (χ4v) is 5.25. The molecule has 3 N–H and O–H groups in total. The van der Waals surface area contributed by atoms with Gasteiger partial charge in [-0.1, -0.05) is 24.6 Å². The number of rotatable bonds is 5. The van der Waals surface area contributed by atoms with Gasteiger partial charge in [0.1, 0.15) is 17.0 Å². The molecular weight excluding hydrogens is 416 g/mol. The van der Waals surface area contributed by atoms with Crippen molar-refractivity contribution in [1.82, 2.24) is 15.3 Å². The van der Waals surface area contributed by atoms with Gasteiger partial charge >= 0.3 is 0 Å². The van der Waals surface area contributed by atoms with E-state index in [1.807, 2.05) is 0 Å². The summed E-state index contributed by atoms with van der Waals surface area (Å²) < 4.78 is 6.03. The SMILES string of the molecule is C=C[C@H](Oc1cc(Cl)nc(/C(N)=C2\CCC[C@@]3(CCCCC3=O)C2=O)n1)[C@@H]1CCCN1. The van der Waals surface area contributed by atoms with Crippen LogP contribution in [0.2, 0.25) is 5.15 Å². The van der Waals surface area contributed by atoms with Crippen LogP contribution in [-0.2, 0) is 9.59 Å². The Morgan fingerprint density at radius 3 is 2.77 bits per heavy atom. The summed E-state index contributed by atoms with van der Waals surface area (Å²) in [5.41, 5.74) is 6.10. The highest BCUT2D eigenvalue weighted by Gasteiger charge is 2.49. The monoisotopic (exact) mass is 444 g/mol. The van der Waals surface area contributed by atoms with E-state index in [4.69, 9.17) is 22.1 Å². The fraction of sp³-hybridized carbons (Fsp3) is 0.565. The van der Waals surface area contributed by atoms with Gasteiger partial charge in [-0.3, -0.25) is 9.59 Å². The lowest BCUT2D eigenvalue weighted by molar-refractivity contribution is -0.143. The molecule has 1 aromatic heterocycles. The molecule has 3 aliphatic rings.